The molecule has 0 radical (unpaired) electrons. The summed E-state index contributed by atoms with van der Waals surface area (Å²) in [7, 11) is 0. The molecule has 0 spiro atoms. The van der Waals surface area contributed by atoms with E-state index in [2.05, 4.69) is 43.7 Å². The van der Waals surface area contributed by atoms with Crippen LogP contribution in [0.25, 0.3) is 10.2 Å². The monoisotopic (exact) mass is 220 g/mol. The molecule has 0 aliphatic carbocycles. The SMILES string of the molecule is CC(C)c1ncc2sc(C(C)C)cc2n1. The highest BCUT2D eigenvalue weighted by molar-refractivity contribution is 7.19. The third kappa shape index (κ3) is 2.02. The van der Waals surface area contributed by atoms with Gasteiger partial charge in [-0.05, 0) is 12.0 Å². The number of thiophene rings is 1. The molecular formula is C12H16N2S. The van der Waals surface area contributed by atoms with Gasteiger partial charge in [-0.3, -0.25) is 0 Å². The molecule has 2 aromatic rings. The van der Waals surface area contributed by atoms with E-state index in [0.717, 1.165) is 11.3 Å². The lowest BCUT2D eigenvalue weighted by molar-refractivity contribution is 0.783. The first-order chi connectivity index (χ1) is 7.08. The lowest BCUT2D eigenvalue weighted by Crippen LogP contribution is -1.95. The first kappa shape index (κ1) is 10.6. The maximum absolute atomic E-state index is 4.58. The van der Waals surface area contributed by atoms with E-state index in [4.69, 9.17) is 0 Å². The molecule has 0 saturated carbocycles. The van der Waals surface area contributed by atoms with Gasteiger partial charge in [-0.15, -0.1) is 11.3 Å². The lowest BCUT2D eigenvalue weighted by Gasteiger charge is -2.01. The zero-order valence-corrected chi connectivity index (χ0v) is 10.4. The van der Waals surface area contributed by atoms with E-state index in [1.807, 2.05) is 6.20 Å². The van der Waals surface area contributed by atoms with E-state index in [9.17, 15) is 0 Å². The number of nitrogens with zero attached hydrogens (tertiary/aromatic N) is 2. The van der Waals surface area contributed by atoms with Gasteiger partial charge in [0, 0.05) is 17.0 Å². The summed E-state index contributed by atoms with van der Waals surface area (Å²) in [6, 6.07) is 2.19. The van der Waals surface area contributed by atoms with Crippen molar-refractivity contribution in [3.8, 4) is 0 Å². The van der Waals surface area contributed by atoms with E-state index in [1.54, 1.807) is 11.3 Å². The van der Waals surface area contributed by atoms with Gasteiger partial charge in [-0.25, -0.2) is 9.97 Å². The molecule has 80 valence electrons. The van der Waals surface area contributed by atoms with E-state index in [1.165, 1.54) is 9.58 Å². The molecule has 0 aromatic carbocycles. The van der Waals surface area contributed by atoms with Crippen LogP contribution in [0.1, 0.15) is 50.2 Å². The van der Waals surface area contributed by atoms with E-state index in [0.29, 0.717) is 11.8 Å². The average molecular weight is 220 g/mol. The van der Waals surface area contributed by atoms with Crippen LogP contribution in [-0.2, 0) is 0 Å². The second kappa shape index (κ2) is 3.89. The van der Waals surface area contributed by atoms with Gasteiger partial charge in [0.15, 0.2) is 0 Å². The van der Waals surface area contributed by atoms with Gasteiger partial charge < -0.3 is 0 Å². The number of fused-ring (bicyclic) bond motifs is 1. The lowest BCUT2D eigenvalue weighted by atomic mass is 10.2. The fraction of sp³-hybridized carbons (Fsp3) is 0.500. The Kier molecular flexibility index (Phi) is 2.74. The third-order valence-electron chi connectivity index (χ3n) is 2.39. The number of hydrogen-bond donors (Lipinski definition) is 0. The molecule has 0 fully saturated rings. The molecule has 3 heteroatoms. The summed E-state index contributed by atoms with van der Waals surface area (Å²) in [5, 5.41) is 0. The number of aromatic nitrogens is 2. The van der Waals surface area contributed by atoms with E-state index < -0.39 is 0 Å². The first-order valence-corrected chi connectivity index (χ1v) is 6.16. The number of rotatable bonds is 2. The Morgan fingerprint density at radius 2 is 1.87 bits per heavy atom. The molecule has 2 heterocycles. The molecule has 2 nitrogen and oxygen atoms in total. The summed E-state index contributed by atoms with van der Waals surface area (Å²) in [4.78, 5) is 10.3. The fourth-order valence-corrected chi connectivity index (χ4v) is 2.41. The van der Waals surface area contributed by atoms with Crippen LogP contribution < -0.4 is 0 Å². The summed E-state index contributed by atoms with van der Waals surface area (Å²) in [6.07, 6.45) is 1.95. The Morgan fingerprint density at radius 1 is 1.13 bits per heavy atom. The molecule has 0 aliphatic heterocycles. The molecule has 15 heavy (non-hydrogen) atoms. The Balaban J connectivity index is 2.52. The predicted octanol–water partition coefficient (Wildman–Crippen LogP) is 3.94. The van der Waals surface area contributed by atoms with Gasteiger partial charge in [0.25, 0.3) is 0 Å². The molecule has 0 N–H and O–H groups in total. The zero-order valence-electron chi connectivity index (χ0n) is 9.61. The Labute approximate surface area is 94.4 Å². The van der Waals surface area contributed by atoms with Crippen LogP contribution in [0.2, 0.25) is 0 Å². The first-order valence-electron chi connectivity index (χ1n) is 5.34. The van der Waals surface area contributed by atoms with Crippen molar-refractivity contribution < 1.29 is 0 Å². The van der Waals surface area contributed by atoms with Crippen molar-refractivity contribution in [3.05, 3.63) is 23.0 Å². The Hall–Kier alpha value is -0.960. The summed E-state index contributed by atoms with van der Waals surface area (Å²) < 4.78 is 1.20. The van der Waals surface area contributed by atoms with Crippen molar-refractivity contribution >= 4 is 21.6 Å². The third-order valence-corrected chi connectivity index (χ3v) is 3.75. The second-order valence-electron chi connectivity index (χ2n) is 4.44. The van der Waals surface area contributed by atoms with Crippen LogP contribution in [-0.4, -0.2) is 9.97 Å². The van der Waals surface area contributed by atoms with Crippen LogP contribution in [0.15, 0.2) is 12.3 Å². The molecule has 0 amide bonds. The molecule has 0 aliphatic rings. The highest BCUT2D eigenvalue weighted by atomic mass is 32.1. The van der Waals surface area contributed by atoms with E-state index in [-0.39, 0.29) is 0 Å². The van der Waals surface area contributed by atoms with Crippen molar-refractivity contribution in [2.24, 2.45) is 0 Å². The van der Waals surface area contributed by atoms with Crippen LogP contribution >= 0.6 is 11.3 Å². The zero-order chi connectivity index (χ0) is 11.0. The number of hydrogen-bond acceptors (Lipinski definition) is 3. The summed E-state index contributed by atoms with van der Waals surface area (Å²) in [6.45, 7) is 8.66. The summed E-state index contributed by atoms with van der Waals surface area (Å²) >= 11 is 1.80. The minimum atomic E-state index is 0.400. The largest absolute Gasteiger partial charge is 0.240 e. The smallest absolute Gasteiger partial charge is 0.131 e. The predicted molar refractivity (Wildman–Crippen MR) is 65.6 cm³/mol. The maximum atomic E-state index is 4.58. The van der Waals surface area contributed by atoms with Gasteiger partial charge in [-0.2, -0.15) is 0 Å². The topological polar surface area (TPSA) is 25.8 Å². The van der Waals surface area contributed by atoms with Crippen molar-refractivity contribution in [2.45, 2.75) is 39.5 Å². The van der Waals surface area contributed by atoms with Crippen LogP contribution in [0, 0.1) is 0 Å². The van der Waals surface area contributed by atoms with Crippen molar-refractivity contribution in [3.63, 3.8) is 0 Å². The van der Waals surface area contributed by atoms with Gasteiger partial charge in [0.2, 0.25) is 0 Å². The minimum absolute atomic E-state index is 0.400. The van der Waals surface area contributed by atoms with Gasteiger partial charge in [-0.1, -0.05) is 27.7 Å². The minimum Gasteiger partial charge on any atom is -0.240 e. The Morgan fingerprint density at radius 3 is 2.47 bits per heavy atom. The molecular weight excluding hydrogens is 204 g/mol. The highest BCUT2D eigenvalue weighted by Crippen LogP contribution is 2.29. The van der Waals surface area contributed by atoms with Gasteiger partial charge in [0.05, 0.1) is 10.2 Å². The van der Waals surface area contributed by atoms with Crippen molar-refractivity contribution in [1.82, 2.24) is 9.97 Å². The highest BCUT2D eigenvalue weighted by Gasteiger charge is 2.09. The molecule has 2 aromatic heterocycles. The standard InChI is InChI=1S/C12H16N2S/c1-7(2)10-5-9-11(15-10)6-13-12(14-9)8(3)4/h5-8H,1-4H3. The van der Waals surface area contributed by atoms with E-state index >= 15 is 0 Å². The summed E-state index contributed by atoms with van der Waals surface area (Å²) in [5.74, 6) is 1.92. The van der Waals surface area contributed by atoms with Crippen LogP contribution in [0.3, 0.4) is 0 Å². The molecule has 2 rings (SSSR count). The summed E-state index contributed by atoms with van der Waals surface area (Å²) in [5.41, 5.74) is 1.10. The van der Waals surface area contributed by atoms with Crippen molar-refractivity contribution in [1.29, 1.82) is 0 Å². The molecule has 0 bridgehead atoms. The van der Waals surface area contributed by atoms with Crippen LogP contribution in [0.5, 0.6) is 0 Å². The molecule has 0 unspecified atom stereocenters. The Bertz CT molecular complexity index is 465. The maximum Gasteiger partial charge on any atom is 0.131 e. The van der Waals surface area contributed by atoms with Crippen LogP contribution in [0.4, 0.5) is 0 Å². The van der Waals surface area contributed by atoms with Gasteiger partial charge in [0.1, 0.15) is 5.82 Å². The fourth-order valence-electron chi connectivity index (χ4n) is 1.43. The molecule has 0 atom stereocenters. The second-order valence-corrected chi connectivity index (χ2v) is 5.55. The molecule has 0 saturated heterocycles. The average Bonchev–Trinajstić information content (AvgIpc) is 2.59. The normalized spacial score (nSPS) is 11.9. The van der Waals surface area contributed by atoms with Crippen molar-refractivity contribution in [2.75, 3.05) is 0 Å². The quantitative estimate of drug-likeness (QED) is 0.766. The van der Waals surface area contributed by atoms with Gasteiger partial charge >= 0.3 is 0 Å².